The molecule has 0 atom stereocenters. The smallest absolute Gasteiger partial charge is 0.248 e. The van der Waals surface area contributed by atoms with Crippen LogP contribution in [0.2, 0.25) is 0 Å². The van der Waals surface area contributed by atoms with Crippen LogP contribution >= 0.6 is 15.9 Å². The zero-order valence-electron chi connectivity index (χ0n) is 10.4. The number of primary amides is 1. The van der Waals surface area contributed by atoms with Crippen LogP contribution in [0.4, 0.5) is 17.1 Å². The molecule has 0 saturated heterocycles. The molecule has 0 aliphatic heterocycles. The predicted molar refractivity (Wildman–Crippen MR) is 81.5 cm³/mol. The number of anilines is 3. The van der Waals surface area contributed by atoms with Gasteiger partial charge >= 0.3 is 0 Å². The van der Waals surface area contributed by atoms with Gasteiger partial charge in [0.15, 0.2) is 0 Å². The lowest BCUT2D eigenvalue weighted by Crippen LogP contribution is -2.11. The van der Waals surface area contributed by atoms with Gasteiger partial charge in [-0.05, 0) is 42.8 Å². The Kier molecular flexibility index (Phi) is 3.76. The molecule has 5 N–H and O–H groups in total. The number of amides is 1. The van der Waals surface area contributed by atoms with Crippen molar-refractivity contribution in [2.24, 2.45) is 5.73 Å². The fraction of sp³-hybridized carbons (Fsp3) is 0.0714. The molecule has 2 aromatic rings. The summed E-state index contributed by atoms with van der Waals surface area (Å²) in [4.78, 5) is 11.2. The van der Waals surface area contributed by atoms with Crippen molar-refractivity contribution in [3.05, 3.63) is 52.0 Å². The van der Waals surface area contributed by atoms with Crippen molar-refractivity contribution >= 4 is 38.9 Å². The van der Waals surface area contributed by atoms with E-state index < -0.39 is 5.91 Å². The number of hydrogen-bond acceptors (Lipinski definition) is 3. The molecule has 5 heteroatoms. The van der Waals surface area contributed by atoms with Crippen LogP contribution < -0.4 is 16.8 Å². The second-order valence-electron chi connectivity index (χ2n) is 4.20. The first kappa shape index (κ1) is 13.4. The molecule has 0 radical (unpaired) electrons. The van der Waals surface area contributed by atoms with Crippen LogP contribution in [-0.4, -0.2) is 5.91 Å². The number of carbonyl (C=O) groups is 1. The van der Waals surface area contributed by atoms with Gasteiger partial charge in [-0.15, -0.1) is 0 Å². The Morgan fingerprint density at radius 1 is 1.21 bits per heavy atom. The van der Waals surface area contributed by atoms with E-state index in [1.165, 1.54) is 0 Å². The maximum Gasteiger partial charge on any atom is 0.248 e. The number of nitrogens with one attached hydrogen (secondary N) is 1. The van der Waals surface area contributed by atoms with E-state index in [9.17, 15) is 4.79 Å². The van der Waals surface area contributed by atoms with Gasteiger partial charge in [0, 0.05) is 15.7 Å². The Bertz CT molecular complexity index is 641. The number of hydrogen-bond donors (Lipinski definition) is 3. The van der Waals surface area contributed by atoms with Crippen LogP contribution in [-0.2, 0) is 0 Å². The SMILES string of the molecule is Cc1c(Br)cccc1Nc1cc(C(N)=O)ccc1N. The minimum atomic E-state index is -0.478. The van der Waals surface area contributed by atoms with E-state index in [0.29, 0.717) is 16.9 Å². The van der Waals surface area contributed by atoms with Crippen molar-refractivity contribution in [3.63, 3.8) is 0 Å². The van der Waals surface area contributed by atoms with Crippen LogP contribution in [0.3, 0.4) is 0 Å². The molecule has 0 aromatic heterocycles. The van der Waals surface area contributed by atoms with Crippen LogP contribution in [0.25, 0.3) is 0 Å². The van der Waals surface area contributed by atoms with Crippen molar-refractivity contribution in [1.29, 1.82) is 0 Å². The summed E-state index contributed by atoms with van der Waals surface area (Å²) in [7, 11) is 0. The van der Waals surface area contributed by atoms with E-state index in [2.05, 4.69) is 21.2 Å². The van der Waals surface area contributed by atoms with Gasteiger partial charge in [0.2, 0.25) is 5.91 Å². The summed E-state index contributed by atoms with van der Waals surface area (Å²) in [5.74, 6) is -0.478. The molecule has 0 aliphatic rings. The van der Waals surface area contributed by atoms with Crippen molar-refractivity contribution in [3.8, 4) is 0 Å². The Morgan fingerprint density at radius 3 is 2.63 bits per heavy atom. The zero-order valence-corrected chi connectivity index (χ0v) is 12.0. The van der Waals surface area contributed by atoms with E-state index in [0.717, 1.165) is 15.7 Å². The molecule has 98 valence electrons. The maximum absolute atomic E-state index is 11.2. The first-order valence-corrected chi connectivity index (χ1v) is 6.50. The van der Waals surface area contributed by atoms with Gasteiger partial charge in [-0.1, -0.05) is 22.0 Å². The Morgan fingerprint density at radius 2 is 1.95 bits per heavy atom. The Labute approximate surface area is 119 Å². The first-order valence-electron chi connectivity index (χ1n) is 5.70. The average Bonchev–Trinajstić information content (AvgIpc) is 2.37. The first-order chi connectivity index (χ1) is 8.99. The highest BCUT2D eigenvalue weighted by Gasteiger charge is 2.07. The Balaban J connectivity index is 2.40. The molecule has 0 unspecified atom stereocenters. The van der Waals surface area contributed by atoms with Gasteiger partial charge in [0.25, 0.3) is 0 Å². The molecule has 1 amide bonds. The van der Waals surface area contributed by atoms with Crippen LogP contribution in [0, 0.1) is 6.92 Å². The van der Waals surface area contributed by atoms with E-state index in [1.54, 1.807) is 18.2 Å². The summed E-state index contributed by atoms with van der Waals surface area (Å²) < 4.78 is 1.00. The molecule has 2 aromatic carbocycles. The van der Waals surface area contributed by atoms with E-state index in [1.807, 2.05) is 25.1 Å². The van der Waals surface area contributed by atoms with Gasteiger partial charge in [0.1, 0.15) is 0 Å². The molecule has 2 rings (SSSR count). The molecule has 4 nitrogen and oxygen atoms in total. The molecule has 0 heterocycles. The summed E-state index contributed by atoms with van der Waals surface area (Å²) in [5.41, 5.74) is 14.8. The topological polar surface area (TPSA) is 81.1 Å². The van der Waals surface area contributed by atoms with Gasteiger partial charge < -0.3 is 16.8 Å². The van der Waals surface area contributed by atoms with Crippen LogP contribution in [0.5, 0.6) is 0 Å². The highest BCUT2D eigenvalue weighted by Crippen LogP contribution is 2.29. The molecule has 0 saturated carbocycles. The fourth-order valence-electron chi connectivity index (χ4n) is 1.71. The standard InChI is InChI=1S/C14H14BrN3O/c1-8-10(15)3-2-4-12(8)18-13-7-9(14(17)19)5-6-11(13)16/h2-7,18H,16H2,1H3,(H2,17,19). The van der Waals surface area contributed by atoms with Gasteiger partial charge in [-0.2, -0.15) is 0 Å². The fourth-order valence-corrected chi connectivity index (χ4v) is 2.07. The number of rotatable bonds is 3. The average molecular weight is 320 g/mol. The lowest BCUT2D eigenvalue weighted by molar-refractivity contribution is 0.100. The van der Waals surface area contributed by atoms with E-state index in [-0.39, 0.29) is 0 Å². The third kappa shape index (κ3) is 2.88. The summed E-state index contributed by atoms with van der Waals surface area (Å²) in [6.07, 6.45) is 0. The van der Waals surface area contributed by atoms with Gasteiger partial charge in [0.05, 0.1) is 11.4 Å². The lowest BCUT2D eigenvalue weighted by Gasteiger charge is -2.13. The number of halogens is 1. The number of nitrogen functional groups attached to an aromatic ring is 1. The minimum absolute atomic E-state index is 0.421. The second kappa shape index (κ2) is 5.32. The number of carbonyl (C=O) groups excluding carboxylic acids is 1. The van der Waals surface area contributed by atoms with Crippen LogP contribution in [0.1, 0.15) is 15.9 Å². The van der Waals surface area contributed by atoms with Crippen molar-refractivity contribution in [2.45, 2.75) is 6.92 Å². The summed E-state index contributed by atoms with van der Waals surface area (Å²) in [6, 6.07) is 10.7. The second-order valence-corrected chi connectivity index (χ2v) is 5.06. The van der Waals surface area contributed by atoms with Gasteiger partial charge in [-0.25, -0.2) is 0 Å². The van der Waals surface area contributed by atoms with Crippen molar-refractivity contribution in [1.82, 2.24) is 0 Å². The van der Waals surface area contributed by atoms with E-state index in [4.69, 9.17) is 11.5 Å². The lowest BCUT2D eigenvalue weighted by atomic mass is 10.1. The third-order valence-corrected chi connectivity index (χ3v) is 3.73. The number of benzene rings is 2. The van der Waals surface area contributed by atoms with Crippen molar-refractivity contribution in [2.75, 3.05) is 11.1 Å². The molecule has 0 bridgehead atoms. The Hall–Kier alpha value is -2.01. The molecule has 0 aliphatic carbocycles. The monoisotopic (exact) mass is 319 g/mol. The molecule has 19 heavy (non-hydrogen) atoms. The highest BCUT2D eigenvalue weighted by atomic mass is 79.9. The minimum Gasteiger partial charge on any atom is -0.397 e. The normalized spacial score (nSPS) is 10.2. The third-order valence-electron chi connectivity index (χ3n) is 2.87. The highest BCUT2D eigenvalue weighted by molar-refractivity contribution is 9.10. The maximum atomic E-state index is 11.2. The largest absolute Gasteiger partial charge is 0.397 e. The zero-order chi connectivity index (χ0) is 14.0. The van der Waals surface area contributed by atoms with Crippen LogP contribution in [0.15, 0.2) is 40.9 Å². The molecule has 0 fully saturated rings. The molecular formula is C14H14BrN3O. The van der Waals surface area contributed by atoms with Gasteiger partial charge in [-0.3, -0.25) is 4.79 Å². The molecular weight excluding hydrogens is 306 g/mol. The summed E-state index contributed by atoms with van der Waals surface area (Å²) in [6.45, 7) is 1.99. The quantitative estimate of drug-likeness (QED) is 0.760. The molecule has 0 spiro atoms. The summed E-state index contributed by atoms with van der Waals surface area (Å²) in [5, 5.41) is 3.21. The predicted octanol–water partition coefficient (Wildman–Crippen LogP) is 3.18. The van der Waals surface area contributed by atoms with Crippen molar-refractivity contribution < 1.29 is 4.79 Å². The number of nitrogens with two attached hydrogens (primary N) is 2. The summed E-state index contributed by atoms with van der Waals surface area (Å²) >= 11 is 3.47. The van der Waals surface area contributed by atoms with E-state index >= 15 is 0 Å².